The molecule has 0 atom stereocenters. The second kappa shape index (κ2) is 7.75. The van der Waals surface area contributed by atoms with Crippen LogP contribution >= 0.6 is 11.3 Å². The summed E-state index contributed by atoms with van der Waals surface area (Å²) < 4.78 is 5.42. The van der Waals surface area contributed by atoms with Gasteiger partial charge in [-0.1, -0.05) is 30.3 Å². The second-order valence-corrected chi connectivity index (χ2v) is 6.37. The highest BCUT2D eigenvalue weighted by molar-refractivity contribution is 7.15. The summed E-state index contributed by atoms with van der Waals surface area (Å²) in [4.78, 5) is 5.79. The first-order chi connectivity index (χ1) is 11.8. The average Bonchev–Trinajstić information content (AvgIpc) is 2.98. The lowest BCUT2D eigenvalue weighted by atomic mass is 10.1. The van der Waals surface area contributed by atoms with Crippen LogP contribution in [0.2, 0.25) is 0 Å². The lowest BCUT2D eigenvalue weighted by Gasteiger charge is -2.01. The van der Waals surface area contributed by atoms with Gasteiger partial charge in [-0.05, 0) is 43.7 Å². The summed E-state index contributed by atoms with van der Waals surface area (Å²) >= 11 is 1.60. The van der Waals surface area contributed by atoms with Crippen LogP contribution in [0.15, 0.2) is 59.7 Å². The van der Waals surface area contributed by atoms with Gasteiger partial charge in [-0.25, -0.2) is 4.98 Å². The Balaban J connectivity index is 1.66. The van der Waals surface area contributed by atoms with E-state index in [9.17, 15) is 0 Å². The summed E-state index contributed by atoms with van der Waals surface area (Å²) in [7, 11) is 0. The van der Waals surface area contributed by atoms with Crippen LogP contribution in [0.1, 0.15) is 17.4 Å². The molecule has 4 nitrogen and oxygen atoms in total. The van der Waals surface area contributed by atoms with Crippen LogP contribution in [0, 0.1) is 6.92 Å². The van der Waals surface area contributed by atoms with E-state index in [1.807, 2.05) is 49.4 Å². The predicted octanol–water partition coefficient (Wildman–Crippen LogP) is 4.96. The van der Waals surface area contributed by atoms with Crippen LogP contribution in [-0.2, 0) is 0 Å². The molecule has 0 aliphatic heterocycles. The van der Waals surface area contributed by atoms with Crippen molar-refractivity contribution in [3.8, 4) is 17.0 Å². The van der Waals surface area contributed by atoms with Crippen LogP contribution < -0.4 is 10.2 Å². The minimum Gasteiger partial charge on any atom is -0.494 e. The van der Waals surface area contributed by atoms with Gasteiger partial charge in [0.15, 0.2) is 0 Å². The van der Waals surface area contributed by atoms with Gasteiger partial charge in [-0.3, -0.25) is 5.43 Å². The van der Waals surface area contributed by atoms with Gasteiger partial charge in [0, 0.05) is 10.4 Å². The van der Waals surface area contributed by atoms with Crippen molar-refractivity contribution in [3.63, 3.8) is 0 Å². The number of hydrazone groups is 1. The molecule has 0 bridgehead atoms. The molecule has 0 aliphatic rings. The number of nitrogens with zero attached hydrogens (tertiary/aromatic N) is 2. The van der Waals surface area contributed by atoms with Gasteiger partial charge in [-0.15, -0.1) is 11.3 Å². The number of hydrogen-bond donors (Lipinski definition) is 1. The Kier molecular flexibility index (Phi) is 5.23. The summed E-state index contributed by atoms with van der Waals surface area (Å²) in [5, 5.41) is 5.05. The predicted molar refractivity (Wildman–Crippen MR) is 101 cm³/mol. The maximum atomic E-state index is 5.42. The van der Waals surface area contributed by atoms with E-state index in [-0.39, 0.29) is 0 Å². The SMILES string of the molecule is CCOc1ccc(/C=N\Nc2nc(-c3ccccc3)c(C)s2)cc1. The van der Waals surface area contributed by atoms with E-state index in [2.05, 4.69) is 34.6 Å². The maximum absolute atomic E-state index is 5.42. The van der Waals surface area contributed by atoms with E-state index < -0.39 is 0 Å². The Labute approximate surface area is 145 Å². The van der Waals surface area contributed by atoms with Crippen molar-refractivity contribution in [1.29, 1.82) is 0 Å². The summed E-state index contributed by atoms with van der Waals surface area (Å²) in [6.45, 7) is 4.71. The first-order valence-corrected chi connectivity index (χ1v) is 8.62. The molecule has 0 spiro atoms. The Hall–Kier alpha value is -2.66. The number of thiazole rings is 1. The molecule has 122 valence electrons. The quantitative estimate of drug-likeness (QED) is 0.510. The third kappa shape index (κ3) is 4.00. The average molecular weight is 337 g/mol. The lowest BCUT2D eigenvalue weighted by Crippen LogP contribution is -1.92. The Morgan fingerprint density at radius 2 is 1.88 bits per heavy atom. The second-order valence-electron chi connectivity index (χ2n) is 5.16. The molecule has 0 amide bonds. The fourth-order valence-electron chi connectivity index (χ4n) is 2.29. The van der Waals surface area contributed by atoms with Crippen LogP contribution in [0.25, 0.3) is 11.3 Å². The molecule has 0 radical (unpaired) electrons. The van der Waals surface area contributed by atoms with Gasteiger partial charge in [0.2, 0.25) is 5.13 Å². The number of nitrogens with one attached hydrogen (secondary N) is 1. The fourth-order valence-corrected chi connectivity index (χ4v) is 3.07. The van der Waals surface area contributed by atoms with Gasteiger partial charge in [0.05, 0.1) is 18.5 Å². The monoisotopic (exact) mass is 337 g/mol. The molecular weight excluding hydrogens is 318 g/mol. The zero-order valence-electron chi connectivity index (χ0n) is 13.7. The molecule has 0 aliphatic carbocycles. The van der Waals surface area contributed by atoms with Crippen molar-refractivity contribution in [2.75, 3.05) is 12.0 Å². The smallest absolute Gasteiger partial charge is 0.204 e. The topological polar surface area (TPSA) is 46.5 Å². The van der Waals surface area contributed by atoms with Crippen LogP contribution in [0.3, 0.4) is 0 Å². The van der Waals surface area contributed by atoms with Gasteiger partial charge in [0.25, 0.3) is 0 Å². The summed E-state index contributed by atoms with van der Waals surface area (Å²) in [5.41, 5.74) is 6.13. The van der Waals surface area contributed by atoms with Gasteiger partial charge >= 0.3 is 0 Å². The largest absolute Gasteiger partial charge is 0.494 e. The van der Waals surface area contributed by atoms with E-state index in [0.29, 0.717) is 6.61 Å². The van der Waals surface area contributed by atoms with Crippen molar-refractivity contribution in [1.82, 2.24) is 4.98 Å². The van der Waals surface area contributed by atoms with Crippen molar-refractivity contribution < 1.29 is 4.74 Å². The maximum Gasteiger partial charge on any atom is 0.204 e. The summed E-state index contributed by atoms with van der Waals surface area (Å²) in [6.07, 6.45) is 1.77. The molecule has 1 heterocycles. The zero-order chi connectivity index (χ0) is 16.8. The van der Waals surface area contributed by atoms with Crippen molar-refractivity contribution in [2.24, 2.45) is 5.10 Å². The fraction of sp³-hybridized carbons (Fsp3) is 0.158. The van der Waals surface area contributed by atoms with Gasteiger partial charge in [0.1, 0.15) is 5.75 Å². The Bertz CT molecular complexity index is 810. The number of aryl methyl sites for hydroxylation is 1. The molecule has 24 heavy (non-hydrogen) atoms. The van der Waals surface area contributed by atoms with E-state index in [4.69, 9.17) is 4.74 Å². The molecule has 0 fully saturated rings. The van der Waals surface area contributed by atoms with Crippen molar-refractivity contribution in [2.45, 2.75) is 13.8 Å². The van der Waals surface area contributed by atoms with E-state index in [1.54, 1.807) is 17.6 Å². The number of benzene rings is 2. The minimum atomic E-state index is 0.669. The first-order valence-electron chi connectivity index (χ1n) is 7.81. The summed E-state index contributed by atoms with van der Waals surface area (Å²) in [6, 6.07) is 18.0. The van der Waals surface area contributed by atoms with Crippen LogP contribution in [-0.4, -0.2) is 17.8 Å². The van der Waals surface area contributed by atoms with Gasteiger partial charge < -0.3 is 4.74 Å². The number of rotatable bonds is 6. The molecule has 2 aromatic carbocycles. The van der Waals surface area contributed by atoms with E-state index >= 15 is 0 Å². The standard InChI is InChI=1S/C19H19N3OS/c1-3-23-17-11-9-15(10-12-17)13-20-22-19-21-18(14(2)24-19)16-7-5-4-6-8-16/h4-13H,3H2,1-2H3,(H,21,22)/b20-13-. The molecule has 0 saturated carbocycles. The third-order valence-electron chi connectivity index (χ3n) is 3.41. The molecule has 3 aromatic rings. The van der Waals surface area contributed by atoms with Crippen LogP contribution in [0.5, 0.6) is 5.75 Å². The number of hydrogen-bond acceptors (Lipinski definition) is 5. The molecule has 0 saturated heterocycles. The number of anilines is 1. The Morgan fingerprint density at radius 1 is 1.12 bits per heavy atom. The van der Waals surface area contributed by atoms with Gasteiger partial charge in [-0.2, -0.15) is 5.10 Å². The molecule has 5 heteroatoms. The highest BCUT2D eigenvalue weighted by atomic mass is 32.1. The van der Waals surface area contributed by atoms with E-state index in [1.165, 1.54) is 4.88 Å². The summed E-state index contributed by atoms with van der Waals surface area (Å²) in [5.74, 6) is 0.866. The molecule has 1 N–H and O–H groups in total. The molecule has 1 aromatic heterocycles. The molecule has 3 rings (SSSR count). The van der Waals surface area contributed by atoms with E-state index in [0.717, 1.165) is 27.7 Å². The highest BCUT2D eigenvalue weighted by Crippen LogP contribution is 2.30. The number of aromatic nitrogens is 1. The van der Waals surface area contributed by atoms with Crippen molar-refractivity contribution >= 4 is 22.7 Å². The lowest BCUT2D eigenvalue weighted by molar-refractivity contribution is 0.340. The number of ether oxygens (including phenoxy) is 1. The highest BCUT2D eigenvalue weighted by Gasteiger charge is 2.08. The molecular formula is C19H19N3OS. The third-order valence-corrected chi connectivity index (χ3v) is 4.28. The normalized spacial score (nSPS) is 10.9. The Morgan fingerprint density at radius 3 is 2.58 bits per heavy atom. The first kappa shape index (κ1) is 16.2. The molecule has 0 unspecified atom stereocenters. The van der Waals surface area contributed by atoms with Crippen LogP contribution in [0.4, 0.5) is 5.13 Å². The zero-order valence-corrected chi connectivity index (χ0v) is 14.5. The minimum absolute atomic E-state index is 0.669. The van der Waals surface area contributed by atoms with Crippen molar-refractivity contribution in [3.05, 3.63) is 65.0 Å².